The number of nitrogens with zero attached hydrogens (tertiary/aromatic N) is 1. The van der Waals surface area contributed by atoms with Gasteiger partial charge in [-0.2, -0.15) is 0 Å². The number of aliphatic hydroxyl groups is 2. The first-order valence-electron chi connectivity index (χ1n) is 12.3. The van der Waals surface area contributed by atoms with Gasteiger partial charge >= 0.3 is 0 Å². The minimum absolute atomic E-state index is 0.0643. The molecule has 0 spiro atoms. The van der Waals surface area contributed by atoms with Gasteiger partial charge in [0.15, 0.2) is 11.5 Å². The van der Waals surface area contributed by atoms with Crippen LogP contribution in [0.3, 0.4) is 0 Å². The van der Waals surface area contributed by atoms with Gasteiger partial charge in [-0.05, 0) is 53.3 Å². The number of halogens is 1. The number of aliphatic hydroxyl groups excluding tert-OH is 2. The van der Waals surface area contributed by atoms with E-state index in [0.29, 0.717) is 32.5 Å². The first-order chi connectivity index (χ1) is 18.2. The Kier molecular flexibility index (Phi) is 10.7. The van der Waals surface area contributed by atoms with Crippen LogP contribution in [-0.4, -0.2) is 71.7 Å². The molecule has 0 fully saturated rings. The number of benzene rings is 2. The average molecular weight is 636 g/mol. The van der Waals surface area contributed by atoms with Crippen molar-refractivity contribution in [3.8, 4) is 11.5 Å². The Morgan fingerprint density at radius 3 is 2.55 bits per heavy atom. The molecule has 0 aliphatic heterocycles. The molecule has 38 heavy (non-hydrogen) atoms. The van der Waals surface area contributed by atoms with Gasteiger partial charge in [0.05, 0.1) is 23.3 Å². The number of aldehydes is 1. The maximum absolute atomic E-state index is 13.1. The summed E-state index contributed by atoms with van der Waals surface area (Å²) in [6.07, 6.45) is 0.388. The van der Waals surface area contributed by atoms with E-state index in [-0.39, 0.29) is 38.4 Å². The molecule has 2 aromatic rings. The highest BCUT2D eigenvalue weighted by atomic mass is 127. The van der Waals surface area contributed by atoms with Gasteiger partial charge in [-0.15, -0.1) is 0 Å². The Balaban J connectivity index is 2.02. The zero-order chi connectivity index (χ0) is 27.8. The number of hydrogen-bond donors (Lipinski definition) is 3. The Morgan fingerprint density at radius 2 is 1.95 bits per heavy atom. The predicted molar refractivity (Wildman–Crippen MR) is 150 cm³/mol. The van der Waals surface area contributed by atoms with Crippen molar-refractivity contribution in [1.82, 2.24) is 10.2 Å². The van der Waals surface area contributed by atoms with Crippen molar-refractivity contribution in [3.63, 3.8) is 0 Å². The van der Waals surface area contributed by atoms with E-state index in [0.717, 1.165) is 11.1 Å². The van der Waals surface area contributed by atoms with Crippen molar-refractivity contribution in [2.24, 2.45) is 0 Å². The maximum atomic E-state index is 13.1. The number of carbonyl (C=O) groups excluding carboxylic acids is 3. The minimum Gasteiger partial charge on any atom is -0.493 e. The highest BCUT2D eigenvalue weighted by molar-refractivity contribution is 14.1. The predicted octanol–water partition coefficient (Wildman–Crippen LogP) is 2.78. The van der Waals surface area contributed by atoms with Gasteiger partial charge in [-0.25, -0.2) is 0 Å². The fourth-order valence-electron chi connectivity index (χ4n) is 4.32. The van der Waals surface area contributed by atoms with Gasteiger partial charge in [0.2, 0.25) is 11.8 Å². The van der Waals surface area contributed by atoms with Gasteiger partial charge in [-0.1, -0.05) is 36.8 Å². The van der Waals surface area contributed by atoms with Gasteiger partial charge in [0.1, 0.15) is 18.5 Å². The summed E-state index contributed by atoms with van der Waals surface area (Å²) in [6.45, 7) is 3.82. The fraction of sp³-hybridized carbons (Fsp3) is 0.393. The lowest BCUT2D eigenvalue weighted by Gasteiger charge is -2.40. The molecule has 0 unspecified atom stereocenters. The maximum Gasteiger partial charge on any atom is 0.247 e. The molecule has 204 valence electrons. The van der Waals surface area contributed by atoms with Gasteiger partial charge in [-0.3, -0.25) is 14.4 Å². The fourth-order valence-corrected chi connectivity index (χ4v) is 5.07. The molecule has 10 heteroatoms. The lowest BCUT2D eigenvalue weighted by Crippen LogP contribution is -2.54. The van der Waals surface area contributed by atoms with E-state index in [4.69, 9.17) is 9.47 Å². The summed E-state index contributed by atoms with van der Waals surface area (Å²) >= 11 is 2.01. The van der Waals surface area contributed by atoms with E-state index < -0.39 is 24.2 Å². The molecule has 2 amide bonds. The van der Waals surface area contributed by atoms with Crippen LogP contribution in [0, 0.1) is 10.5 Å². The quantitative estimate of drug-likeness (QED) is 0.256. The largest absolute Gasteiger partial charge is 0.493 e. The van der Waals surface area contributed by atoms with Crippen molar-refractivity contribution in [2.45, 2.75) is 51.5 Å². The van der Waals surface area contributed by atoms with Crippen LogP contribution in [0.25, 0.3) is 0 Å². The molecular formula is C28H33IN2O7. The molecule has 0 radical (unpaired) electrons. The highest BCUT2D eigenvalue weighted by Gasteiger charge is 2.40. The zero-order valence-electron chi connectivity index (χ0n) is 21.6. The van der Waals surface area contributed by atoms with E-state index in [2.05, 4.69) is 5.32 Å². The van der Waals surface area contributed by atoms with Crippen molar-refractivity contribution in [2.75, 3.05) is 20.3 Å². The van der Waals surface area contributed by atoms with Gasteiger partial charge in [0.25, 0.3) is 0 Å². The number of hydrogen-bond acceptors (Lipinski definition) is 7. The summed E-state index contributed by atoms with van der Waals surface area (Å²) in [5.74, 6) is 0.0189. The summed E-state index contributed by atoms with van der Waals surface area (Å²) < 4.78 is 12.2. The van der Waals surface area contributed by atoms with E-state index in [1.807, 2.05) is 53.8 Å². The normalized spacial score (nSPS) is 18.8. The molecule has 2 aromatic carbocycles. The molecule has 0 aromatic heterocycles. The second kappa shape index (κ2) is 13.7. The number of carbonyl (C=O) groups is 3. The molecule has 0 heterocycles. The van der Waals surface area contributed by atoms with Crippen LogP contribution >= 0.6 is 22.6 Å². The number of rotatable bonds is 11. The number of methoxy groups -OCH3 is 1. The standard InChI is InChI=1S/C28H33IN2O7/c1-4-25(34)31(15-18-7-5-17(2)6-8-18)22-13-20(28(36)30-9-10-32)14-23(26(22)35)38-27-21(29)11-19(16-33)12-24(27)37-3/h5-8,11-12,14,16,22-23,26,32,35H,4,9-10,13,15H2,1-3H3,(H,30,36)/t22-,23+,26+/m1/s1. The third-order valence-electron chi connectivity index (χ3n) is 6.35. The van der Waals surface area contributed by atoms with E-state index in [1.165, 1.54) is 19.3 Å². The second-order valence-electron chi connectivity index (χ2n) is 9.03. The van der Waals surface area contributed by atoms with Gasteiger partial charge in [0, 0.05) is 37.1 Å². The van der Waals surface area contributed by atoms with Crippen LogP contribution in [0.2, 0.25) is 0 Å². The Hall–Kier alpha value is -2.96. The van der Waals surface area contributed by atoms with Crippen LogP contribution < -0.4 is 14.8 Å². The number of nitrogens with one attached hydrogen (secondary N) is 1. The van der Waals surface area contributed by atoms with Crippen molar-refractivity contribution in [3.05, 3.63) is 68.3 Å². The zero-order valence-corrected chi connectivity index (χ0v) is 23.8. The van der Waals surface area contributed by atoms with Crippen LogP contribution in [0.5, 0.6) is 11.5 Å². The van der Waals surface area contributed by atoms with Crippen LogP contribution in [-0.2, 0) is 16.1 Å². The Bertz CT molecular complexity index is 1180. The Labute approximate surface area is 236 Å². The molecular weight excluding hydrogens is 603 g/mol. The monoisotopic (exact) mass is 636 g/mol. The SMILES string of the molecule is CCC(=O)N(Cc1ccc(C)cc1)[C@@H]1CC(C(=O)NCCO)=C[C@H](Oc2c(I)cc(C=O)cc2OC)[C@H]1O. The summed E-state index contributed by atoms with van der Waals surface area (Å²) in [5.41, 5.74) is 2.71. The topological polar surface area (TPSA) is 125 Å². The minimum atomic E-state index is -1.17. The average Bonchev–Trinajstić information content (AvgIpc) is 2.92. The van der Waals surface area contributed by atoms with Crippen LogP contribution in [0.15, 0.2) is 48.0 Å². The molecule has 3 N–H and O–H groups in total. The number of aryl methyl sites for hydroxylation is 1. The first kappa shape index (κ1) is 29.6. The smallest absolute Gasteiger partial charge is 0.247 e. The first-order valence-corrected chi connectivity index (χ1v) is 13.4. The molecule has 0 saturated carbocycles. The lowest BCUT2D eigenvalue weighted by atomic mass is 9.87. The van der Waals surface area contributed by atoms with Crippen LogP contribution in [0.4, 0.5) is 0 Å². The summed E-state index contributed by atoms with van der Waals surface area (Å²) in [5, 5.41) is 23.3. The Morgan fingerprint density at radius 1 is 1.24 bits per heavy atom. The van der Waals surface area contributed by atoms with Gasteiger partial charge < -0.3 is 29.9 Å². The number of ether oxygens (including phenoxy) is 2. The van der Waals surface area contributed by atoms with Crippen molar-refractivity contribution >= 4 is 40.7 Å². The summed E-state index contributed by atoms with van der Waals surface area (Å²) in [4.78, 5) is 39.0. The van der Waals surface area contributed by atoms with Crippen molar-refractivity contribution in [1.29, 1.82) is 0 Å². The molecule has 9 nitrogen and oxygen atoms in total. The lowest BCUT2D eigenvalue weighted by molar-refractivity contribution is -0.139. The third-order valence-corrected chi connectivity index (χ3v) is 7.15. The van der Waals surface area contributed by atoms with E-state index in [9.17, 15) is 24.6 Å². The van der Waals surface area contributed by atoms with E-state index in [1.54, 1.807) is 17.9 Å². The molecule has 3 rings (SSSR count). The number of amides is 2. The molecule has 0 bridgehead atoms. The van der Waals surface area contributed by atoms with Crippen LogP contribution in [0.1, 0.15) is 41.3 Å². The molecule has 0 saturated heterocycles. The van der Waals surface area contributed by atoms with Crippen molar-refractivity contribution < 1.29 is 34.1 Å². The molecule has 1 aliphatic carbocycles. The van der Waals surface area contributed by atoms with E-state index >= 15 is 0 Å². The molecule has 3 atom stereocenters. The summed E-state index contributed by atoms with van der Waals surface area (Å²) in [7, 11) is 1.44. The molecule has 1 aliphatic rings. The second-order valence-corrected chi connectivity index (χ2v) is 10.2. The highest BCUT2D eigenvalue weighted by Crippen LogP contribution is 2.37. The third kappa shape index (κ3) is 7.12. The summed E-state index contributed by atoms with van der Waals surface area (Å²) in [6, 6.07) is 10.2.